The summed E-state index contributed by atoms with van der Waals surface area (Å²) in [6.45, 7) is 9.79. The van der Waals surface area contributed by atoms with Crippen molar-refractivity contribution in [2.24, 2.45) is 5.92 Å². The van der Waals surface area contributed by atoms with E-state index in [9.17, 15) is 0 Å². The van der Waals surface area contributed by atoms with Gasteiger partial charge in [-0.05, 0) is 31.4 Å². The lowest BCUT2D eigenvalue weighted by atomic mass is 10.1. The number of nitriles is 1. The number of anilines is 1. The van der Waals surface area contributed by atoms with Crippen molar-refractivity contribution in [3.8, 4) is 6.07 Å². The van der Waals surface area contributed by atoms with Crippen LogP contribution in [0.4, 0.5) is 5.82 Å². The van der Waals surface area contributed by atoms with Crippen LogP contribution in [0.25, 0.3) is 0 Å². The van der Waals surface area contributed by atoms with Gasteiger partial charge in [-0.3, -0.25) is 0 Å². The van der Waals surface area contributed by atoms with Crippen LogP contribution in [0, 0.1) is 31.1 Å². The van der Waals surface area contributed by atoms with Crippen LogP contribution < -0.4 is 5.32 Å². The first-order chi connectivity index (χ1) is 10.0. The first kappa shape index (κ1) is 15.0. The molecule has 0 amide bonds. The summed E-state index contributed by atoms with van der Waals surface area (Å²) < 4.78 is 2.15. The molecule has 0 aliphatic heterocycles. The molecule has 0 aliphatic carbocycles. The molecule has 110 valence electrons. The Morgan fingerprint density at radius 3 is 2.76 bits per heavy atom. The first-order valence-corrected chi connectivity index (χ1v) is 7.12. The smallest absolute Gasteiger partial charge is 0.126 e. The van der Waals surface area contributed by atoms with Crippen LogP contribution in [0.2, 0.25) is 0 Å². The minimum absolute atomic E-state index is 0.579. The number of aromatic nitrogens is 3. The van der Waals surface area contributed by atoms with Gasteiger partial charge in [0.1, 0.15) is 11.9 Å². The highest BCUT2D eigenvalue weighted by molar-refractivity contribution is 5.48. The van der Waals surface area contributed by atoms with E-state index in [4.69, 9.17) is 5.26 Å². The number of nitrogens with zero attached hydrogens (tertiary/aromatic N) is 4. The molecular weight excluding hydrogens is 262 g/mol. The van der Waals surface area contributed by atoms with Gasteiger partial charge in [0.15, 0.2) is 0 Å². The van der Waals surface area contributed by atoms with Crippen molar-refractivity contribution in [2.45, 2.75) is 40.8 Å². The molecule has 1 N–H and O–H groups in total. The Morgan fingerprint density at radius 1 is 1.38 bits per heavy atom. The molecule has 0 fully saturated rings. The molecule has 0 radical (unpaired) electrons. The van der Waals surface area contributed by atoms with E-state index in [-0.39, 0.29) is 0 Å². The van der Waals surface area contributed by atoms with Gasteiger partial charge in [-0.25, -0.2) is 9.97 Å². The second-order valence-electron chi connectivity index (χ2n) is 5.68. The molecule has 0 atom stereocenters. The van der Waals surface area contributed by atoms with Gasteiger partial charge >= 0.3 is 0 Å². The standard InChI is InChI=1S/C16H21N5/c1-11(2)9-21-10-18-7-14(21)8-19-16-5-12(3)15(6-17)13(4)20-16/h5,7,10-11H,8-9H2,1-4H3,(H,19,20). The summed E-state index contributed by atoms with van der Waals surface area (Å²) in [5.74, 6) is 1.37. The molecule has 2 rings (SSSR count). The molecule has 5 nitrogen and oxygen atoms in total. The number of aryl methyl sites for hydroxylation is 2. The molecule has 0 aliphatic rings. The van der Waals surface area contributed by atoms with Crippen LogP contribution >= 0.6 is 0 Å². The summed E-state index contributed by atoms with van der Waals surface area (Å²) in [5.41, 5.74) is 3.49. The van der Waals surface area contributed by atoms with Gasteiger partial charge in [-0.15, -0.1) is 0 Å². The molecule has 2 aromatic heterocycles. The van der Waals surface area contributed by atoms with Crippen molar-refractivity contribution >= 4 is 5.82 Å². The molecule has 2 heterocycles. The van der Waals surface area contributed by atoms with E-state index in [1.54, 1.807) is 0 Å². The zero-order valence-corrected chi connectivity index (χ0v) is 13.0. The number of hydrogen-bond acceptors (Lipinski definition) is 4. The minimum Gasteiger partial charge on any atom is -0.364 e. The summed E-state index contributed by atoms with van der Waals surface area (Å²) in [6.07, 6.45) is 3.73. The Balaban J connectivity index is 2.11. The highest BCUT2D eigenvalue weighted by atomic mass is 15.1. The fourth-order valence-electron chi connectivity index (χ4n) is 2.33. The second-order valence-corrected chi connectivity index (χ2v) is 5.68. The predicted molar refractivity (Wildman–Crippen MR) is 82.8 cm³/mol. The van der Waals surface area contributed by atoms with Crippen LogP contribution in [-0.2, 0) is 13.1 Å². The number of nitrogens with one attached hydrogen (secondary N) is 1. The van der Waals surface area contributed by atoms with Gasteiger partial charge in [0.05, 0.1) is 29.8 Å². The van der Waals surface area contributed by atoms with E-state index >= 15 is 0 Å². The van der Waals surface area contributed by atoms with Gasteiger partial charge in [-0.2, -0.15) is 5.26 Å². The highest BCUT2D eigenvalue weighted by Crippen LogP contribution is 2.16. The molecule has 0 saturated heterocycles. The van der Waals surface area contributed by atoms with Crippen molar-refractivity contribution in [1.29, 1.82) is 5.26 Å². The van der Waals surface area contributed by atoms with Crippen molar-refractivity contribution in [3.63, 3.8) is 0 Å². The Bertz CT molecular complexity index is 641. The molecule has 2 aromatic rings. The average Bonchev–Trinajstić information content (AvgIpc) is 2.82. The first-order valence-electron chi connectivity index (χ1n) is 7.12. The quantitative estimate of drug-likeness (QED) is 0.916. The number of pyridine rings is 1. The fourth-order valence-corrected chi connectivity index (χ4v) is 2.33. The molecular formula is C16H21N5. The van der Waals surface area contributed by atoms with E-state index < -0.39 is 0 Å². The Hall–Kier alpha value is -2.35. The zero-order valence-electron chi connectivity index (χ0n) is 13.0. The molecule has 5 heteroatoms. The lowest BCUT2D eigenvalue weighted by Crippen LogP contribution is -2.11. The van der Waals surface area contributed by atoms with Crippen molar-refractivity contribution in [3.05, 3.63) is 41.1 Å². The van der Waals surface area contributed by atoms with E-state index in [2.05, 4.69) is 39.8 Å². The molecule has 0 bridgehead atoms. The van der Waals surface area contributed by atoms with Crippen LogP contribution in [0.5, 0.6) is 0 Å². The summed E-state index contributed by atoms with van der Waals surface area (Å²) in [5, 5.41) is 12.4. The van der Waals surface area contributed by atoms with Crippen LogP contribution in [0.15, 0.2) is 18.6 Å². The summed E-state index contributed by atoms with van der Waals surface area (Å²) in [7, 11) is 0. The third-order valence-electron chi connectivity index (χ3n) is 3.32. The number of hydrogen-bond donors (Lipinski definition) is 1. The SMILES string of the molecule is Cc1cc(NCc2cncn2CC(C)C)nc(C)c1C#N. The third kappa shape index (κ3) is 3.60. The Labute approximate surface area is 125 Å². The van der Waals surface area contributed by atoms with Gasteiger partial charge in [0, 0.05) is 12.7 Å². The van der Waals surface area contributed by atoms with E-state index in [1.807, 2.05) is 32.4 Å². The van der Waals surface area contributed by atoms with Gasteiger partial charge in [-0.1, -0.05) is 13.8 Å². The van der Waals surface area contributed by atoms with Crippen LogP contribution in [-0.4, -0.2) is 14.5 Å². The summed E-state index contributed by atoms with van der Waals surface area (Å²) in [4.78, 5) is 8.64. The van der Waals surface area contributed by atoms with Gasteiger partial charge in [0.2, 0.25) is 0 Å². The normalized spacial score (nSPS) is 10.7. The van der Waals surface area contributed by atoms with Crippen molar-refractivity contribution in [2.75, 3.05) is 5.32 Å². The zero-order chi connectivity index (χ0) is 15.4. The Morgan fingerprint density at radius 2 is 2.14 bits per heavy atom. The monoisotopic (exact) mass is 283 g/mol. The maximum absolute atomic E-state index is 9.07. The van der Waals surface area contributed by atoms with Crippen molar-refractivity contribution < 1.29 is 0 Å². The second kappa shape index (κ2) is 6.40. The molecule has 21 heavy (non-hydrogen) atoms. The van der Waals surface area contributed by atoms with Gasteiger partial charge in [0.25, 0.3) is 0 Å². The van der Waals surface area contributed by atoms with E-state index in [0.29, 0.717) is 18.0 Å². The topological polar surface area (TPSA) is 66.5 Å². The number of imidazole rings is 1. The van der Waals surface area contributed by atoms with Crippen LogP contribution in [0.1, 0.15) is 36.4 Å². The third-order valence-corrected chi connectivity index (χ3v) is 3.32. The highest BCUT2D eigenvalue weighted by Gasteiger charge is 2.08. The van der Waals surface area contributed by atoms with E-state index in [1.165, 1.54) is 0 Å². The maximum Gasteiger partial charge on any atom is 0.126 e. The number of rotatable bonds is 5. The molecule has 0 unspecified atom stereocenters. The van der Waals surface area contributed by atoms with Crippen molar-refractivity contribution in [1.82, 2.24) is 14.5 Å². The molecule has 0 aromatic carbocycles. The minimum atomic E-state index is 0.579. The predicted octanol–water partition coefficient (Wildman–Crippen LogP) is 3.03. The largest absolute Gasteiger partial charge is 0.364 e. The fraction of sp³-hybridized carbons (Fsp3) is 0.438. The van der Waals surface area contributed by atoms with Crippen LogP contribution in [0.3, 0.4) is 0 Å². The summed E-state index contributed by atoms with van der Waals surface area (Å²) >= 11 is 0. The lowest BCUT2D eigenvalue weighted by Gasteiger charge is -2.12. The summed E-state index contributed by atoms with van der Waals surface area (Å²) in [6, 6.07) is 4.10. The average molecular weight is 283 g/mol. The molecule has 0 saturated carbocycles. The lowest BCUT2D eigenvalue weighted by molar-refractivity contribution is 0.511. The van der Waals surface area contributed by atoms with Gasteiger partial charge < -0.3 is 9.88 Å². The molecule has 0 spiro atoms. The Kier molecular flexibility index (Phi) is 4.59. The van der Waals surface area contributed by atoms with E-state index in [0.717, 1.165) is 29.3 Å². The maximum atomic E-state index is 9.07.